The zero-order valence-electron chi connectivity index (χ0n) is 12.7. The second-order valence-electron chi connectivity index (χ2n) is 4.96. The van der Waals surface area contributed by atoms with Gasteiger partial charge in [0.25, 0.3) is 5.56 Å². The van der Waals surface area contributed by atoms with E-state index in [2.05, 4.69) is 15.6 Å². The molecule has 0 amide bonds. The Morgan fingerprint density at radius 1 is 1.08 bits per heavy atom. The molecule has 1 aromatic heterocycles. The Hall–Kier alpha value is -2.34. The number of hydrogen-bond donors (Lipinski definition) is 1. The second kappa shape index (κ2) is 7.70. The zero-order valence-corrected chi connectivity index (χ0v) is 14.9. The number of para-hydroxylation sites is 1. The highest BCUT2D eigenvalue weighted by Gasteiger charge is 2.10. The van der Waals surface area contributed by atoms with Crippen LogP contribution in [-0.2, 0) is 0 Å². The topological polar surface area (TPSA) is 59.3 Å². The van der Waals surface area contributed by atoms with E-state index >= 15 is 0 Å². The minimum Gasteiger partial charge on any atom is -0.275 e. The van der Waals surface area contributed by atoms with E-state index in [1.165, 1.54) is 17.1 Å². The van der Waals surface area contributed by atoms with Crippen molar-refractivity contribution in [2.24, 2.45) is 5.10 Å². The Morgan fingerprint density at radius 2 is 1.84 bits per heavy atom. The number of aromatic nitrogens is 2. The number of halogens is 3. The van der Waals surface area contributed by atoms with Crippen LogP contribution >= 0.6 is 34.8 Å². The highest BCUT2D eigenvalue weighted by Crippen LogP contribution is 2.20. The monoisotopic (exact) mass is 392 g/mol. The Morgan fingerprint density at radius 3 is 2.56 bits per heavy atom. The molecule has 0 aliphatic carbocycles. The molecule has 0 radical (unpaired) electrons. The van der Waals surface area contributed by atoms with Gasteiger partial charge >= 0.3 is 0 Å². The number of nitrogens with zero attached hydrogens (tertiary/aromatic N) is 3. The van der Waals surface area contributed by atoms with E-state index < -0.39 is 5.56 Å². The molecule has 3 rings (SSSR count). The molecule has 2 aromatic carbocycles. The van der Waals surface area contributed by atoms with Crippen molar-refractivity contribution < 1.29 is 0 Å². The smallest absolute Gasteiger partial charge is 0.275 e. The molecule has 8 heteroatoms. The molecular weight excluding hydrogens is 383 g/mol. The number of rotatable bonds is 4. The molecule has 0 spiro atoms. The molecule has 0 aliphatic heterocycles. The van der Waals surface area contributed by atoms with Gasteiger partial charge in [0.15, 0.2) is 0 Å². The predicted octanol–water partition coefficient (Wildman–Crippen LogP) is 4.64. The van der Waals surface area contributed by atoms with Crippen LogP contribution in [-0.4, -0.2) is 16.0 Å². The zero-order chi connectivity index (χ0) is 17.8. The van der Waals surface area contributed by atoms with E-state index in [1.807, 2.05) is 18.2 Å². The molecule has 3 aromatic rings. The minimum atomic E-state index is -0.447. The van der Waals surface area contributed by atoms with Crippen LogP contribution in [0, 0.1) is 0 Å². The average Bonchev–Trinajstić information content (AvgIpc) is 2.61. The van der Waals surface area contributed by atoms with E-state index in [0.29, 0.717) is 27.0 Å². The van der Waals surface area contributed by atoms with Gasteiger partial charge in [-0.1, -0.05) is 59.1 Å². The molecule has 0 saturated heterocycles. The van der Waals surface area contributed by atoms with Crippen molar-refractivity contribution in [3.63, 3.8) is 0 Å². The van der Waals surface area contributed by atoms with Gasteiger partial charge in [-0.05, 0) is 24.3 Å². The van der Waals surface area contributed by atoms with Crippen LogP contribution < -0.4 is 11.0 Å². The summed E-state index contributed by atoms with van der Waals surface area (Å²) in [6, 6.07) is 14.0. The Labute approximate surface area is 158 Å². The van der Waals surface area contributed by atoms with Gasteiger partial charge in [0.05, 0.1) is 23.1 Å². The van der Waals surface area contributed by atoms with Crippen molar-refractivity contribution in [3.8, 4) is 5.69 Å². The maximum Gasteiger partial charge on any atom is 0.292 e. The van der Waals surface area contributed by atoms with Gasteiger partial charge < -0.3 is 0 Å². The van der Waals surface area contributed by atoms with Crippen LogP contribution in [0.25, 0.3) is 5.69 Å². The first kappa shape index (κ1) is 17.5. The molecule has 126 valence electrons. The molecule has 0 unspecified atom stereocenters. The van der Waals surface area contributed by atoms with Crippen LogP contribution in [0.2, 0.25) is 15.1 Å². The van der Waals surface area contributed by atoms with E-state index in [1.54, 1.807) is 30.3 Å². The van der Waals surface area contributed by atoms with E-state index in [0.717, 1.165) is 0 Å². The summed E-state index contributed by atoms with van der Waals surface area (Å²) in [6.07, 6.45) is 2.93. The van der Waals surface area contributed by atoms with Crippen molar-refractivity contribution in [1.29, 1.82) is 0 Å². The summed E-state index contributed by atoms with van der Waals surface area (Å²) >= 11 is 18.0. The largest absolute Gasteiger partial charge is 0.292 e. The Kier molecular flexibility index (Phi) is 5.38. The third-order valence-electron chi connectivity index (χ3n) is 3.27. The lowest BCUT2D eigenvalue weighted by Crippen LogP contribution is -2.22. The first-order chi connectivity index (χ1) is 12.1. The SMILES string of the molecule is O=c1c(Cl)c(N/N=C\c2ccc(Cl)cc2Cl)cnn1-c1ccccc1. The van der Waals surface area contributed by atoms with E-state index in [-0.39, 0.29) is 5.02 Å². The first-order valence-corrected chi connectivity index (χ1v) is 8.27. The first-order valence-electron chi connectivity index (χ1n) is 7.13. The van der Waals surface area contributed by atoms with Crippen molar-refractivity contribution >= 4 is 46.7 Å². The Balaban J connectivity index is 1.83. The minimum absolute atomic E-state index is 0.0155. The maximum atomic E-state index is 12.4. The quantitative estimate of drug-likeness (QED) is 0.519. The summed E-state index contributed by atoms with van der Waals surface area (Å²) < 4.78 is 1.22. The van der Waals surface area contributed by atoms with Crippen LogP contribution in [0.3, 0.4) is 0 Å². The van der Waals surface area contributed by atoms with Gasteiger partial charge in [0.1, 0.15) is 10.7 Å². The molecule has 5 nitrogen and oxygen atoms in total. The summed E-state index contributed by atoms with van der Waals surface area (Å²) in [5, 5.41) is 9.11. The molecule has 0 bridgehead atoms. The lowest BCUT2D eigenvalue weighted by Gasteiger charge is -2.07. The van der Waals surface area contributed by atoms with Gasteiger partial charge in [-0.25, -0.2) is 0 Å². The summed E-state index contributed by atoms with van der Waals surface area (Å²) in [5.74, 6) is 0. The van der Waals surface area contributed by atoms with Gasteiger partial charge in [0, 0.05) is 10.6 Å². The van der Waals surface area contributed by atoms with Crippen molar-refractivity contribution in [2.75, 3.05) is 5.43 Å². The lowest BCUT2D eigenvalue weighted by atomic mass is 10.2. The molecule has 0 atom stereocenters. The van der Waals surface area contributed by atoms with E-state index in [9.17, 15) is 4.79 Å². The van der Waals surface area contributed by atoms with Gasteiger partial charge in [-0.15, -0.1) is 0 Å². The third-order valence-corrected chi connectivity index (χ3v) is 4.20. The second-order valence-corrected chi connectivity index (χ2v) is 6.18. The predicted molar refractivity (Wildman–Crippen MR) is 103 cm³/mol. The third kappa shape index (κ3) is 4.02. The van der Waals surface area contributed by atoms with Crippen molar-refractivity contribution in [3.05, 3.63) is 85.7 Å². The molecule has 25 heavy (non-hydrogen) atoms. The number of hydrazone groups is 1. The fourth-order valence-electron chi connectivity index (χ4n) is 2.04. The summed E-state index contributed by atoms with van der Waals surface area (Å²) in [6.45, 7) is 0. The van der Waals surface area contributed by atoms with Crippen molar-refractivity contribution in [2.45, 2.75) is 0 Å². The number of nitrogens with one attached hydrogen (secondary N) is 1. The Bertz CT molecular complexity index is 987. The van der Waals surface area contributed by atoms with E-state index in [4.69, 9.17) is 34.8 Å². The maximum absolute atomic E-state index is 12.4. The normalized spacial score (nSPS) is 11.0. The number of anilines is 1. The number of hydrogen-bond acceptors (Lipinski definition) is 4. The van der Waals surface area contributed by atoms with Crippen LogP contribution in [0.15, 0.2) is 64.6 Å². The summed E-state index contributed by atoms with van der Waals surface area (Å²) in [7, 11) is 0. The van der Waals surface area contributed by atoms with Crippen LogP contribution in [0.5, 0.6) is 0 Å². The lowest BCUT2D eigenvalue weighted by molar-refractivity contribution is 0.808. The summed E-state index contributed by atoms with van der Waals surface area (Å²) in [5.41, 5.74) is 3.83. The molecule has 1 N–H and O–H groups in total. The fourth-order valence-corrected chi connectivity index (χ4v) is 2.67. The molecule has 0 aliphatic rings. The molecule has 0 saturated carbocycles. The average molecular weight is 394 g/mol. The molecule has 0 fully saturated rings. The highest BCUT2D eigenvalue weighted by atomic mass is 35.5. The summed E-state index contributed by atoms with van der Waals surface area (Å²) in [4.78, 5) is 12.4. The van der Waals surface area contributed by atoms with Gasteiger partial charge in [0.2, 0.25) is 0 Å². The highest BCUT2D eigenvalue weighted by molar-refractivity contribution is 6.36. The van der Waals surface area contributed by atoms with Gasteiger partial charge in [-0.2, -0.15) is 14.9 Å². The van der Waals surface area contributed by atoms with Crippen LogP contribution in [0.4, 0.5) is 5.69 Å². The fraction of sp³-hybridized carbons (Fsp3) is 0. The number of benzene rings is 2. The molecular formula is C17H11Cl3N4O. The van der Waals surface area contributed by atoms with Gasteiger partial charge in [-0.3, -0.25) is 10.2 Å². The standard InChI is InChI=1S/C17H11Cl3N4O/c18-12-7-6-11(14(19)8-12)9-21-23-15-10-22-24(17(25)16(15)20)13-4-2-1-3-5-13/h1-10,23H/b21-9-. The van der Waals surface area contributed by atoms with Crippen LogP contribution in [0.1, 0.15) is 5.56 Å². The molecule has 1 heterocycles. The van der Waals surface area contributed by atoms with Crippen molar-refractivity contribution in [1.82, 2.24) is 9.78 Å².